The highest BCUT2D eigenvalue weighted by Gasteiger charge is 2.23. The number of rotatable bonds is 8. The smallest absolute Gasteiger partial charge is 0.0502 e. The molecule has 1 aliphatic rings. The van der Waals surface area contributed by atoms with Crippen molar-refractivity contribution in [1.82, 2.24) is 10.2 Å². The molecule has 18 heavy (non-hydrogen) atoms. The molecule has 0 bridgehead atoms. The van der Waals surface area contributed by atoms with Crippen molar-refractivity contribution in [3.8, 4) is 0 Å². The third-order valence-corrected chi connectivity index (χ3v) is 4.26. The molecular formula is C15H32N2O. The van der Waals surface area contributed by atoms with E-state index in [2.05, 4.69) is 31.0 Å². The zero-order valence-electron chi connectivity index (χ0n) is 12.7. The first-order valence-corrected chi connectivity index (χ1v) is 7.65. The molecule has 1 aliphatic heterocycles. The van der Waals surface area contributed by atoms with Gasteiger partial charge in [0.1, 0.15) is 0 Å². The van der Waals surface area contributed by atoms with Gasteiger partial charge in [-0.2, -0.15) is 0 Å². The number of methoxy groups -OCH3 is 1. The summed E-state index contributed by atoms with van der Waals surface area (Å²) in [5.74, 6) is 1.50. The van der Waals surface area contributed by atoms with Gasteiger partial charge in [-0.3, -0.25) is 0 Å². The molecule has 1 saturated heterocycles. The molecular weight excluding hydrogens is 224 g/mol. The van der Waals surface area contributed by atoms with Crippen LogP contribution in [0, 0.1) is 11.8 Å². The van der Waals surface area contributed by atoms with Gasteiger partial charge in [0, 0.05) is 26.2 Å². The Hall–Kier alpha value is -0.120. The van der Waals surface area contributed by atoms with E-state index in [1.807, 2.05) is 7.11 Å². The first kappa shape index (κ1) is 15.9. The second kappa shape index (κ2) is 8.89. The highest BCUT2D eigenvalue weighted by molar-refractivity contribution is 4.80. The van der Waals surface area contributed by atoms with E-state index >= 15 is 0 Å². The van der Waals surface area contributed by atoms with Gasteiger partial charge in [-0.1, -0.05) is 27.2 Å². The van der Waals surface area contributed by atoms with E-state index in [0.29, 0.717) is 6.04 Å². The molecule has 0 aliphatic carbocycles. The van der Waals surface area contributed by atoms with Gasteiger partial charge in [0.25, 0.3) is 0 Å². The van der Waals surface area contributed by atoms with Gasteiger partial charge in [-0.15, -0.1) is 0 Å². The van der Waals surface area contributed by atoms with E-state index in [1.165, 1.54) is 38.9 Å². The lowest BCUT2D eigenvalue weighted by Gasteiger charge is -2.36. The summed E-state index contributed by atoms with van der Waals surface area (Å²) >= 11 is 0. The number of ether oxygens (including phenoxy) is 1. The fraction of sp³-hybridized carbons (Fsp3) is 1.00. The van der Waals surface area contributed by atoms with Crippen LogP contribution in [0.3, 0.4) is 0 Å². The molecule has 1 heterocycles. The lowest BCUT2D eigenvalue weighted by atomic mass is 9.95. The topological polar surface area (TPSA) is 24.5 Å². The van der Waals surface area contributed by atoms with Crippen molar-refractivity contribution in [2.45, 2.75) is 46.1 Å². The molecule has 3 atom stereocenters. The zero-order chi connectivity index (χ0) is 13.4. The summed E-state index contributed by atoms with van der Waals surface area (Å²) in [4.78, 5) is 2.63. The third kappa shape index (κ3) is 5.25. The Kier molecular flexibility index (Phi) is 7.87. The second-order valence-corrected chi connectivity index (χ2v) is 5.77. The average Bonchev–Trinajstić information content (AvgIpc) is 2.38. The molecule has 0 radical (unpaired) electrons. The van der Waals surface area contributed by atoms with Crippen LogP contribution in [0.5, 0.6) is 0 Å². The molecule has 3 unspecified atom stereocenters. The van der Waals surface area contributed by atoms with Gasteiger partial charge < -0.3 is 15.0 Å². The third-order valence-electron chi connectivity index (χ3n) is 4.26. The van der Waals surface area contributed by atoms with Gasteiger partial charge >= 0.3 is 0 Å². The average molecular weight is 256 g/mol. The first-order valence-electron chi connectivity index (χ1n) is 7.65. The number of nitrogens with zero attached hydrogens (tertiary/aromatic N) is 1. The van der Waals surface area contributed by atoms with Crippen LogP contribution in [-0.4, -0.2) is 50.8 Å². The molecule has 0 aromatic rings. The summed E-state index contributed by atoms with van der Waals surface area (Å²) in [5, 5.41) is 3.65. The van der Waals surface area contributed by atoms with E-state index in [1.54, 1.807) is 0 Å². The molecule has 3 heteroatoms. The Balaban J connectivity index is 2.42. The van der Waals surface area contributed by atoms with Gasteiger partial charge in [-0.25, -0.2) is 0 Å². The largest absolute Gasteiger partial charge is 0.384 e. The number of nitrogens with one attached hydrogen (secondary N) is 1. The van der Waals surface area contributed by atoms with Crippen LogP contribution in [0.25, 0.3) is 0 Å². The number of likely N-dealkylation sites (tertiary alicyclic amines) is 1. The van der Waals surface area contributed by atoms with Gasteiger partial charge in [0.2, 0.25) is 0 Å². The standard InChI is InChI=1S/C15H32N2O/c1-5-13(3)15(16-6-2)11-17-9-7-8-14(10-17)12-18-4/h13-16H,5-12H2,1-4H3. The lowest BCUT2D eigenvalue weighted by Crippen LogP contribution is -2.48. The summed E-state index contributed by atoms with van der Waals surface area (Å²) in [5.41, 5.74) is 0. The Morgan fingerprint density at radius 3 is 2.78 bits per heavy atom. The molecule has 108 valence electrons. The SMILES string of the molecule is CCNC(CN1CCCC(COC)C1)C(C)CC. The Bertz CT molecular complexity index is 209. The van der Waals surface area contributed by atoms with Crippen LogP contribution in [0.1, 0.15) is 40.0 Å². The van der Waals surface area contributed by atoms with Crippen LogP contribution in [0.15, 0.2) is 0 Å². The quantitative estimate of drug-likeness (QED) is 0.721. The van der Waals surface area contributed by atoms with Crippen molar-refractivity contribution < 1.29 is 4.74 Å². The summed E-state index contributed by atoms with van der Waals surface area (Å²) < 4.78 is 5.31. The van der Waals surface area contributed by atoms with E-state index in [9.17, 15) is 0 Å². The van der Waals surface area contributed by atoms with Crippen LogP contribution in [0.4, 0.5) is 0 Å². The summed E-state index contributed by atoms with van der Waals surface area (Å²) in [6.07, 6.45) is 3.92. The fourth-order valence-electron chi connectivity index (χ4n) is 2.96. The highest BCUT2D eigenvalue weighted by Crippen LogP contribution is 2.18. The Morgan fingerprint density at radius 2 is 2.17 bits per heavy atom. The normalized spacial score (nSPS) is 25.0. The zero-order valence-corrected chi connectivity index (χ0v) is 12.7. The van der Waals surface area contributed by atoms with Crippen molar-refractivity contribution in [2.75, 3.05) is 39.9 Å². The van der Waals surface area contributed by atoms with Crippen LogP contribution in [0.2, 0.25) is 0 Å². The van der Waals surface area contributed by atoms with Crippen molar-refractivity contribution >= 4 is 0 Å². The van der Waals surface area contributed by atoms with Crippen molar-refractivity contribution in [3.05, 3.63) is 0 Å². The monoisotopic (exact) mass is 256 g/mol. The van der Waals surface area contributed by atoms with Crippen molar-refractivity contribution in [2.24, 2.45) is 11.8 Å². The number of piperidine rings is 1. The van der Waals surface area contributed by atoms with Gasteiger partial charge in [-0.05, 0) is 37.8 Å². The molecule has 0 saturated carbocycles. The van der Waals surface area contributed by atoms with Crippen molar-refractivity contribution in [1.29, 1.82) is 0 Å². The minimum Gasteiger partial charge on any atom is -0.384 e. The Labute approximate surface area is 113 Å². The van der Waals surface area contributed by atoms with Gasteiger partial charge in [0.05, 0.1) is 6.61 Å². The highest BCUT2D eigenvalue weighted by atomic mass is 16.5. The number of hydrogen-bond acceptors (Lipinski definition) is 3. The molecule has 0 aromatic heterocycles. The summed E-state index contributed by atoms with van der Waals surface area (Å²) in [6.45, 7) is 12.5. The number of hydrogen-bond donors (Lipinski definition) is 1. The van der Waals surface area contributed by atoms with E-state index in [-0.39, 0.29) is 0 Å². The van der Waals surface area contributed by atoms with Crippen LogP contribution in [-0.2, 0) is 4.74 Å². The summed E-state index contributed by atoms with van der Waals surface area (Å²) in [6, 6.07) is 0.640. The molecule has 0 spiro atoms. The molecule has 1 N–H and O–H groups in total. The first-order chi connectivity index (χ1) is 8.71. The lowest BCUT2D eigenvalue weighted by molar-refractivity contribution is 0.0816. The van der Waals surface area contributed by atoms with Gasteiger partial charge in [0.15, 0.2) is 0 Å². The van der Waals surface area contributed by atoms with Crippen molar-refractivity contribution in [3.63, 3.8) is 0 Å². The minimum absolute atomic E-state index is 0.640. The minimum atomic E-state index is 0.640. The predicted molar refractivity (Wildman–Crippen MR) is 78.0 cm³/mol. The number of likely N-dealkylation sites (N-methyl/N-ethyl adjacent to an activating group) is 1. The second-order valence-electron chi connectivity index (χ2n) is 5.77. The maximum Gasteiger partial charge on any atom is 0.0502 e. The van der Waals surface area contributed by atoms with E-state index in [0.717, 1.165) is 25.0 Å². The predicted octanol–water partition coefficient (Wildman–Crippen LogP) is 2.37. The summed E-state index contributed by atoms with van der Waals surface area (Å²) in [7, 11) is 1.82. The van der Waals surface area contributed by atoms with E-state index < -0.39 is 0 Å². The molecule has 3 nitrogen and oxygen atoms in total. The maximum atomic E-state index is 5.31. The maximum absolute atomic E-state index is 5.31. The Morgan fingerprint density at radius 1 is 1.39 bits per heavy atom. The van der Waals surface area contributed by atoms with Crippen LogP contribution < -0.4 is 5.32 Å². The molecule has 1 fully saturated rings. The van der Waals surface area contributed by atoms with E-state index in [4.69, 9.17) is 4.74 Å². The molecule has 1 rings (SSSR count). The fourth-order valence-corrected chi connectivity index (χ4v) is 2.96. The van der Waals surface area contributed by atoms with Crippen LogP contribution >= 0.6 is 0 Å². The molecule has 0 aromatic carbocycles. The molecule has 0 amide bonds.